The van der Waals surface area contributed by atoms with E-state index in [9.17, 15) is 13.6 Å². The molecule has 1 N–H and O–H groups in total. The van der Waals surface area contributed by atoms with Crippen LogP contribution < -0.4 is 10.2 Å². The number of likely N-dealkylation sites (N-methyl/N-ethyl adjacent to an activating group) is 1. The summed E-state index contributed by atoms with van der Waals surface area (Å²) >= 11 is 0. The van der Waals surface area contributed by atoms with Gasteiger partial charge in [-0.1, -0.05) is 18.2 Å². The molecule has 4 bridgehead atoms. The van der Waals surface area contributed by atoms with E-state index in [1.807, 2.05) is 59.2 Å². The predicted molar refractivity (Wildman–Crippen MR) is 191 cm³/mol. The second-order valence-electron chi connectivity index (χ2n) is 13.2. The zero-order valence-electron chi connectivity index (χ0n) is 28.3. The van der Waals surface area contributed by atoms with Gasteiger partial charge in [0, 0.05) is 69.7 Å². The SMILES string of the molecule is CN1CCCn2c(CCn3cccn3)nc3cccc(c32)-c2cccc(n2)N[C@H]2C[C@@H](C1=O)N(c1ncnc3c1cnn3-c1ccc(F)cc1F)C2. The molecule has 2 aromatic carbocycles. The van der Waals surface area contributed by atoms with E-state index in [0.29, 0.717) is 68.1 Å². The van der Waals surface area contributed by atoms with Gasteiger partial charge < -0.3 is 19.7 Å². The first-order valence-corrected chi connectivity index (χ1v) is 17.3. The third-order valence-corrected chi connectivity index (χ3v) is 9.94. The number of pyridine rings is 1. The number of amides is 1. The minimum Gasteiger partial charge on any atom is -0.365 e. The summed E-state index contributed by atoms with van der Waals surface area (Å²) in [6, 6.07) is 16.6. The van der Waals surface area contributed by atoms with Crippen LogP contribution in [0.1, 0.15) is 18.7 Å². The lowest BCUT2D eigenvalue weighted by Crippen LogP contribution is -2.45. The maximum absolute atomic E-state index is 14.8. The highest BCUT2D eigenvalue weighted by atomic mass is 19.1. The molecule has 2 aliphatic rings. The normalized spacial score (nSPS) is 17.8. The summed E-state index contributed by atoms with van der Waals surface area (Å²) in [5, 5.41) is 12.9. The summed E-state index contributed by atoms with van der Waals surface area (Å²) in [6.07, 6.45) is 8.55. The van der Waals surface area contributed by atoms with Crippen LogP contribution in [0.2, 0.25) is 0 Å². The van der Waals surface area contributed by atoms with Crippen molar-refractivity contribution in [2.24, 2.45) is 0 Å². The number of benzene rings is 2. The van der Waals surface area contributed by atoms with Crippen LogP contribution in [-0.4, -0.2) is 87.1 Å². The molecule has 1 saturated heterocycles. The predicted octanol–water partition coefficient (Wildman–Crippen LogP) is 4.87. The molecule has 52 heavy (non-hydrogen) atoms. The largest absolute Gasteiger partial charge is 0.365 e. The van der Waals surface area contributed by atoms with Crippen molar-refractivity contribution >= 4 is 39.6 Å². The Morgan fingerprint density at radius 1 is 0.981 bits per heavy atom. The van der Waals surface area contributed by atoms with E-state index in [2.05, 4.69) is 36.1 Å². The number of imidazole rings is 1. The summed E-state index contributed by atoms with van der Waals surface area (Å²) < 4.78 is 34.1. The molecule has 2 atom stereocenters. The van der Waals surface area contributed by atoms with Crippen molar-refractivity contribution in [1.82, 2.24) is 49.0 Å². The van der Waals surface area contributed by atoms with Crippen LogP contribution in [-0.2, 0) is 24.3 Å². The first kappa shape index (κ1) is 31.7. The molecule has 7 aromatic rings. The molecular formula is C37H34F2N12O. The molecule has 5 aromatic heterocycles. The van der Waals surface area contributed by atoms with E-state index < -0.39 is 17.7 Å². The summed E-state index contributed by atoms with van der Waals surface area (Å²) in [5.74, 6) is 0.650. The van der Waals surface area contributed by atoms with Gasteiger partial charge in [-0.2, -0.15) is 10.2 Å². The van der Waals surface area contributed by atoms with Gasteiger partial charge in [-0.05, 0) is 49.2 Å². The quantitative estimate of drug-likeness (QED) is 0.268. The van der Waals surface area contributed by atoms with Gasteiger partial charge in [-0.3, -0.25) is 9.48 Å². The van der Waals surface area contributed by atoms with Crippen molar-refractivity contribution in [2.45, 2.75) is 44.4 Å². The number of aromatic nitrogens is 9. The van der Waals surface area contributed by atoms with Crippen molar-refractivity contribution in [1.29, 1.82) is 0 Å². The molecular weight excluding hydrogens is 666 g/mol. The van der Waals surface area contributed by atoms with Gasteiger partial charge in [0.2, 0.25) is 5.91 Å². The first-order chi connectivity index (χ1) is 25.4. The minimum atomic E-state index is -0.766. The molecule has 1 fully saturated rings. The van der Waals surface area contributed by atoms with E-state index in [4.69, 9.17) is 9.97 Å². The van der Waals surface area contributed by atoms with Crippen LogP contribution in [0.5, 0.6) is 0 Å². The Hall–Kier alpha value is -6.25. The molecule has 0 aliphatic carbocycles. The smallest absolute Gasteiger partial charge is 0.245 e. The number of aryl methyl sites for hydroxylation is 3. The lowest BCUT2D eigenvalue weighted by atomic mass is 10.1. The van der Waals surface area contributed by atoms with Gasteiger partial charge in [0.05, 0.1) is 28.3 Å². The second-order valence-corrected chi connectivity index (χ2v) is 13.2. The Balaban J connectivity index is 1.09. The van der Waals surface area contributed by atoms with E-state index >= 15 is 0 Å². The molecule has 7 heterocycles. The fourth-order valence-electron chi connectivity index (χ4n) is 7.52. The molecule has 0 radical (unpaired) electrons. The van der Waals surface area contributed by atoms with E-state index in [1.165, 1.54) is 23.1 Å². The van der Waals surface area contributed by atoms with Crippen LogP contribution in [0, 0.1) is 11.6 Å². The molecule has 9 rings (SSSR count). The average Bonchev–Trinajstić information content (AvgIpc) is 3.96. The molecule has 15 heteroatoms. The maximum Gasteiger partial charge on any atom is 0.245 e. The van der Waals surface area contributed by atoms with E-state index in [-0.39, 0.29) is 17.6 Å². The molecule has 13 nitrogen and oxygen atoms in total. The molecule has 0 saturated carbocycles. The van der Waals surface area contributed by atoms with Crippen LogP contribution in [0.25, 0.3) is 39.0 Å². The molecule has 262 valence electrons. The Labute approximate surface area is 296 Å². The molecule has 0 unspecified atom stereocenters. The Bertz CT molecular complexity index is 2440. The number of fused-ring (bicyclic) bond motifs is 6. The highest BCUT2D eigenvalue weighted by molar-refractivity contribution is 5.93. The third-order valence-electron chi connectivity index (χ3n) is 9.94. The number of hydrogen-bond donors (Lipinski definition) is 1. The van der Waals surface area contributed by atoms with Gasteiger partial charge in [-0.15, -0.1) is 0 Å². The molecule has 1 amide bonds. The number of carbonyl (C=O) groups excluding carboxylic acids is 1. The summed E-state index contributed by atoms with van der Waals surface area (Å²) in [5.41, 5.74) is 4.14. The van der Waals surface area contributed by atoms with Crippen LogP contribution in [0.15, 0.2) is 85.6 Å². The number of anilines is 2. The van der Waals surface area contributed by atoms with E-state index in [0.717, 1.165) is 34.2 Å². The lowest BCUT2D eigenvalue weighted by Gasteiger charge is -2.29. The average molecular weight is 701 g/mol. The number of carbonyl (C=O) groups is 1. The monoisotopic (exact) mass is 700 g/mol. The highest BCUT2D eigenvalue weighted by Gasteiger charge is 2.40. The van der Waals surface area contributed by atoms with Crippen molar-refractivity contribution in [3.8, 4) is 16.9 Å². The first-order valence-electron chi connectivity index (χ1n) is 17.3. The van der Waals surface area contributed by atoms with E-state index in [1.54, 1.807) is 17.3 Å². The van der Waals surface area contributed by atoms with Gasteiger partial charge in [0.1, 0.15) is 41.3 Å². The second kappa shape index (κ2) is 12.8. The number of hydrogen-bond acceptors (Lipinski definition) is 9. The number of nitrogens with zero attached hydrogens (tertiary/aromatic N) is 11. The summed E-state index contributed by atoms with van der Waals surface area (Å²) in [7, 11) is 1.84. The van der Waals surface area contributed by atoms with Gasteiger partial charge in [-0.25, -0.2) is 33.4 Å². The fourth-order valence-corrected chi connectivity index (χ4v) is 7.52. The number of nitrogens with one attached hydrogen (secondary N) is 1. The number of para-hydroxylation sites is 1. The Morgan fingerprint density at radius 3 is 2.75 bits per heavy atom. The number of halogens is 2. The zero-order chi connectivity index (χ0) is 35.3. The summed E-state index contributed by atoms with van der Waals surface area (Å²) in [4.78, 5) is 37.3. The van der Waals surface area contributed by atoms with Crippen molar-refractivity contribution in [2.75, 3.05) is 30.4 Å². The highest BCUT2D eigenvalue weighted by Crippen LogP contribution is 2.34. The van der Waals surface area contributed by atoms with Crippen LogP contribution in [0.3, 0.4) is 0 Å². The number of rotatable bonds is 5. The van der Waals surface area contributed by atoms with Crippen LogP contribution in [0.4, 0.5) is 20.4 Å². The third kappa shape index (κ3) is 5.58. The summed E-state index contributed by atoms with van der Waals surface area (Å²) in [6.45, 7) is 2.31. The van der Waals surface area contributed by atoms with Gasteiger partial charge in [0.25, 0.3) is 0 Å². The maximum atomic E-state index is 14.8. The lowest BCUT2D eigenvalue weighted by molar-refractivity contribution is -0.131. The zero-order valence-corrected chi connectivity index (χ0v) is 28.3. The Kier molecular flexibility index (Phi) is 7.82. The van der Waals surface area contributed by atoms with Crippen molar-refractivity contribution in [3.63, 3.8) is 0 Å². The van der Waals surface area contributed by atoms with Crippen molar-refractivity contribution in [3.05, 3.63) is 103 Å². The van der Waals surface area contributed by atoms with Gasteiger partial charge in [0.15, 0.2) is 11.5 Å². The molecule has 0 spiro atoms. The van der Waals surface area contributed by atoms with Crippen molar-refractivity contribution < 1.29 is 13.6 Å². The Morgan fingerprint density at radius 2 is 1.88 bits per heavy atom. The minimum absolute atomic E-state index is 0.0419. The molecule has 2 aliphatic heterocycles. The fraction of sp³-hybridized carbons (Fsp3) is 0.270. The van der Waals surface area contributed by atoms with Gasteiger partial charge >= 0.3 is 0 Å². The topological polar surface area (TPSA) is 128 Å². The van der Waals surface area contributed by atoms with Crippen LogP contribution >= 0.6 is 0 Å². The standard InChI is InChI=1S/C37H34F2N12O/c1-47-14-5-16-49-33(12-17-48-15-4-13-42-48)46-29-8-2-6-25(34(29)49)28-7-3-9-32(45-28)44-24-19-31(37(47)52)50(21-24)35-26-20-43-51(36(26)41-22-40-35)30-11-10-23(38)18-27(30)39/h2-4,6-11,13,15,18,20,22,24,31H,5,12,14,16-17,19,21H2,1H3,(H,44,45)/t24-,31-/m0/s1.